The van der Waals surface area contributed by atoms with Crippen molar-refractivity contribution in [3.8, 4) is 11.5 Å². The molecule has 1 heterocycles. The summed E-state index contributed by atoms with van der Waals surface area (Å²) in [6.07, 6.45) is 3.99. The predicted molar refractivity (Wildman–Crippen MR) is 111 cm³/mol. The van der Waals surface area contributed by atoms with E-state index in [9.17, 15) is 4.79 Å². The van der Waals surface area contributed by atoms with Crippen LogP contribution in [0.5, 0.6) is 11.5 Å². The number of thiophene rings is 1. The summed E-state index contributed by atoms with van der Waals surface area (Å²) in [7, 11) is 1.61. The third kappa shape index (κ3) is 4.99. The van der Waals surface area contributed by atoms with Crippen molar-refractivity contribution in [2.75, 3.05) is 12.4 Å². The molecule has 0 aliphatic rings. The van der Waals surface area contributed by atoms with Gasteiger partial charge in [-0.15, -0.1) is 11.3 Å². The van der Waals surface area contributed by atoms with Gasteiger partial charge in [-0.3, -0.25) is 4.79 Å². The van der Waals surface area contributed by atoms with E-state index in [1.165, 1.54) is 11.3 Å². The Hall–Kier alpha value is -3.05. The first-order chi connectivity index (χ1) is 13.2. The Kier molecular flexibility index (Phi) is 6.28. The molecular weight excluding hydrogens is 358 g/mol. The van der Waals surface area contributed by atoms with Crippen LogP contribution in [0.3, 0.4) is 0 Å². The van der Waals surface area contributed by atoms with E-state index in [0.29, 0.717) is 11.5 Å². The molecular formula is C22H21NO3S. The fourth-order valence-electron chi connectivity index (χ4n) is 2.53. The summed E-state index contributed by atoms with van der Waals surface area (Å²) in [4.78, 5) is 13.1. The van der Waals surface area contributed by atoms with Gasteiger partial charge in [0.05, 0.1) is 12.0 Å². The van der Waals surface area contributed by atoms with Crippen LogP contribution in [0.1, 0.15) is 27.7 Å². The zero-order chi connectivity index (χ0) is 19.1. The van der Waals surface area contributed by atoms with Gasteiger partial charge < -0.3 is 14.8 Å². The molecule has 0 unspecified atom stereocenters. The van der Waals surface area contributed by atoms with Crippen molar-refractivity contribution in [1.82, 2.24) is 0 Å². The van der Waals surface area contributed by atoms with E-state index >= 15 is 0 Å². The van der Waals surface area contributed by atoms with E-state index in [-0.39, 0.29) is 5.91 Å². The fraction of sp³-hybridized carbons (Fsp3) is 0.136. The van der Waals surface area contributed by atoms with Gasteiger partial charge in [0.2, 0.25) is 0 Å². The van der Waals surface area contributed by atoms with E-state index < -0.39 is 0 Å². The van der Waals surface area contributed by atoms with E-state index in [2.05, 4.69) is 5.32 Å². The third-order valence-electron chi connectivity index (χ3n) is 3.89. The molecule has 1 amide bonds. The number of hydrogen-bond acceptors (Lipinski definition) is 4. The number of ether oxygens (including phenoxy) is 2. The lowest BCUT2D eigenvalue weighted by molar-refractivity contribution is 0.103. The van der Waals surface area contributed by atoms with E-state index in [1.807, 2.05) is 79.1 Å². The summed E-state index contributed by atoms with van der Waals surface area (Å²) in [5, 5.41) is 4.83. The minimum atomic E-state index is -0.134. The lowest BCUT2D eigenvalue weighted by atomic mass is 10.2. The number of carbonyl (C=O) groups excluding carboxylic acids is 1. The van der Waals surface area contributed by atoms with Gasteiger partial charge in [0.25, 0.3) is 5.91 Å². The van der Waals surface area contributed by atoms with Gasteiger partial charge in [0.15, 0.2) is 0 Å². The van der Waals surface area contributed by atoms with Gasteiger partial charge >= 0.3 is 0 Å². The number of anilines is 1. The van der Waals surface area contributed by atoms with Crippen LogP contribution in [-0.2, 0) is 6.61 Å². The maximum atomic E-state index is 12.4. The van der Waals surface area contributed by atoms with Gasteiger partial charge in [-0.05, 0) is 48.7 Å². The Morgan fingerprint density at radius 1 is 1.15 bits per heavy atom. The van der Waals surface area contributed by atoms with Crippen LogP contribution in [0, 0.1) is 0 Å². The number of carbonyl (C=O) groups is 1. The summed E-state index contributed by atoms with van der Waals surface area (Å²) in [6.45, 7) is 2.39. The van der Waals surface area contributed by atoms with E-state index in [1.54, 1.807) is 7.11 Å². The summed E-state index contributed by atoms with van der Waals surface area (Å²) in [6, 6.07) is 17.0. The quantitative estimate of drug-likeness (QED) is 0.579. The van der Waals surface area contributed by atoms with E-state index in [4.69, 9.17) is 9.47 Å². The predicted octanol–water partition coefficient (Wildman–Crippen LogP) is 5.62. The van der Waals surface area contributed by atoms with Crippen molar-refractivity contribution in [1.29, 1.82) is 0 Å². The molecule has 0 fully saturated rings. The highest BCUT2D eigenvalue weighted by Crippen LogP contribution is 2.23. The van der Waals surface area contributed by atoms with Crippen molar-refractivity contribution in [2.24, 2.45) is 0 Å². The summed E-state index contributed by atoms with van der Waals surface area (Å²) in [5.41, 5.74) is 2.73. The lowest BCUT2D eigenvalue weighted by Gasteiger charge is -2.08. The van der Waals surface area contributed by atoms with Crippen LogP contribution in [-0.4, -0.2) is 13.0 Å². The van der Waals surface area contributed by atoms with Crippen molar-refractivity contribution >= 4 is 29.0 Å². The number of nitrogens with one attached hydrogen (secondary N) is 1. The van der Waals surface area contributed by atoms with Gasteiger partial charge in [-0.1, -0.05) is 30.4 Å². The van der Waals surface area contributed by atoms with Crippen LogP contribution in [0.25, 0.3) is 6.08 Å². The average molecular weight is 379 g/mol. The second-order valence-corrected chi connectivity index (χ2v) is 6.74. The first kappa shape index (κ1) is 18.7. The SMILES string of the molecule is C/C=C/c1ccccc1OCc1csc(C(=O)Nc2ccc(OC)cc2)c1. The van der Waals surface area contributed by atoms with Gasteiger partial charge in [-0.2, -0.15) is 0 Å². The number of para-hydroxylation sites is 1. The van der Waals surface area contributed by atoms with Gasteiger partial charge in [0.1, 0.15) is 18.1 Å². The Morgan fingerprint density at radius 2 is 1.93 bits per heavy atom. The van der Waals surface area contributed by atoms with Crippen LogP contribution >= 0.6 is 11.3 Å². The second-order valence-electron chi connectivity index (χ2n) is 5.83. The molecule has 0 saturated carbocycles. The Bertz CT molecular complexity index is 929. The molecule has 1 aromatic heterocycles. The Morgan fingerprint density at radius 3 is 2.67 bits per heavy atom. The number of benzene rings is 2. The second kappa shape index (κ2) is 9.05. The monoisotopic (exact) mass is 379 g/mol. The number of allylic oxidation sites excluding steroid dienone is 1. The van der Waals surface area contributed by atoms with Gasteiger partial charge in [0, 0.05) is 16.8 Å². The molecule has 0 aliphatic carbocycles. The topological polar surface area (TPSA) is 47.6 Å². The maximum Gasteiger partial charge on any atom is 0.265 e. The lowest BCUT2D eigenvalue weighted by Crippen LogP contribution is -2.10. The minimum absolute atomic E-state index is 0.134. The molecule has 0 spiro atoms. The van der Waals surface area contributed by atoms with Crippen LogP contribution in [0.4, 0.5) is 5.69 Å². The highest BCUT2D eigenvalue weighted by molar-refractivity contribution is 7.12. The van der Waals surface area contributed by atoms with Crippen LogP contribution < -0.4 is 14.8 Å². The zero-order valence-electron chi connectivity index (χ0n) is 15.3. The molecule has 2 aromatic carbocycles. The van der Waals surface area contributed by atoms with Crippen LogP contribution in [0.2, 0.25) is 0 Å². The highest BCUT2D eigenvalue weighted by Gasteiger charge is 2.10. The summed E-state index contributed by atoms with van der Waals surface area (Å²) in [5.74, 6) is 1.44. The average Bonchev–Trinajstić information content (AvgIpc) is 3.17. The number of amides is 1. The van der Waals surface area contributed by atoms with Crippen molar-refractivity contribution in [2.45, 2.75) is 13.5 Å². The molecule has 5 heteroatoms. The molecule has 3 rings (SSSR count). The molecule has 1 N–H and O–H groups in total. The number of hydrogen-bond donors (Lipinski definition) is 1. The smallest absolute Gasteiger partial charge is 0.265 e. The molecule has 0 atom stereocenters. The molecule has 3 aromatic rings. The molecule has 138 valence electrons. The Balaban J connectivity index is 1.61. The normalized spacial score (nSPS) is 10.7. The van der Waals surface area contributed by atoms with Crippen molar-refractivity contribution < 1.29 is 14.3 Å². The zero-order valence-corrected chi connectivity index (χ0v) is 16.1. The summed E-state index contributed by atoms with van der Waals surface area (Å²) >= 11 is 1.40. The van der Waals surface area contributed by atoms with Crippen molar-refractivity contribution in [3.63, 3.8) is 0 Å². The number of methoxy groups -OCH3 is 1. The first-order valence-electron chi connectivity index (χ1n) is 8.57. The molecule has 0 saturated heterocycles. The molecule has 0 aliphatic heterocycles. The van der Waals surface area contributed by atoms with Gasteiger partial charge in [-0.25, -0.2) is 0 Å². The first-order valence-corrected chi connectivity index (χ1v) is 9.45. The maximum absolute atomic E-state index is 12.4. The van der Waals surface area contributed by atoms with E-state index in [0.717, 1.165) is 28.3 Å². The largest absolute Gasteiger partial charge is 0.497 e. The standard InChI is InChI=1S/C22H21NO3S/c1-3-6-17-7-4-5-8-20(17)26-14-16-13-21(27-15-16)22(24)23-18-9-11-19(25-2)12-10-18/h3-13,15H,14H2,1-2H3,(H,23,24)/b6-3+. The molecule has 0 bridgehead atoms. The van der Waals surface area contributed by atoms with Crippen molar-refractivity contribution in [3.05, 3.63) is 82.1 Å². The highest BCUT2D eigenvalue weighted by atomic mass is 32.1. The molecule has 4 nitrogen and oxygen atoms in total. The summed E-state index contributed by atoms with van der Waals surface area (Å²) < 4.78 is 11.0. The Labute approximate surface area is 163 Å². The number of rotatable bonds is 7. The van der Waals surface area contributed by atoms with Crippen LogP contribution in [0.15, 0.2) is 66.1 Å². The molecule has 27 heavy (non-hydrogen) atoms. The molecule has 0 radical (unpaired) electrons. The minimum Gasteiger partial charge on any atom is -0.497 e. The fourth-order valence-corrected chi connectivity index (χ4v) is 3.32. The third-order valence-corrected chi connectivity index (χ3v) is 4.86.